The standard InChI is InChI=1S/C3H9N5.Cu.2NO3/c1-7-3(6)8-2(4)5;;2*2-1(3)4/h1H3,(H6,4,5,6,7,8);;;/q;+2;2*-1. The van der Waals surface area contributed by atoms with E-state index in [0.29, 0.717) is 0 Å². The molecule has 0 aromatic heterocycles. The molecule has 14 heteroatoms. The van der Waals surface area contributed by atoms with E-state index in [2.05, 4.69) is 10.3 Å². The van der Waals surface area contributed by atoms with E-state index in [9.17, 15) is 0 Å². The molecule has 103 valence electrons. The van der Waals surface area contributed by atoms with Crippen molar-refractivity contribution < 1.29 is 27.2 Å². The first-order chi connectivity index (χ1) is 7.13. The van der Waals surface area contributed by atoms with Crippen molar-refractivity contribution in [3.8, 4) is 0 Å². The van der Waals surface area contributed by atoms with E-state index in [4.69, 9.17) is 47.5 Å². The van der Waals surface area contributed by atoms with Gasteiger partial charge in [-0.15, -0.1) is 0 Å². The maximum absolute atomic E-state index is 8.25. The fraction of sp³-hybridized carbons (Fsp3) is 0.333. The van der Waals surface area contributed by atoms with Crippen LogP contribution in [-0.2, 0) is 17.1 Å². The summed E-state index contributed by atoms with van der Waals surface area (Å²) < 4.78 is 0. The van der Waals surface area contributed by atoms with Gasteiger partial charge in [-0.3, -0.25) is 15.7 Å². The first-order valence-electron chi connectivity index (χ1n) is 3.09. The first-order valence-corrected chi connectivity index (χ1v) is 3.09. The van der Waals surface area contributed by atoms with Gasteiger partial charge in [0.25, 0.3) is 0 Å². The van der Waals surface area contributed by atoms with Gasteiger partial charge in [-0.25, -0.2) is 0 Å². The Kier molecular flexibility index (Phi) is 22.8. The third-order valence-corrected chi connectivity index (χ3v) is 0.504. The Bertz CT molecular complexity index is 248. The van der Waals surface area contributed by atoms with Crippen LogP contribution in [0.5, 0.6) is 0 Å². The third-order valence-electron chi connectivity index (χ3n) is 0.504. The van der Waals surface area contributed by atoms with Gasteiger partial charge in [0.05, 0.1) is 10.2 Å². The number of nitrogens with two attached hydrogens (primary N) is 2. The van der Waals surface area contributed by atoms with Gasteiger partial charge < -0.3 is 42.1 Å². The van der Waals surface area contributed by atoms with E-state index in [0.717, 1.165) is 0 Å². The molecule has 13 nitrogen and oxygen atoms in total. The third kappa shape index (κ3) is 139. The Morgan fingerprint density at radius 2 is 1.41 bits per heavy atom. The molecule has 0 heterocycles. The Morgan fingerprint density at radius 1 is 1.18 bits per heavy atom. The van der Waals surface area contributed by atoms with Gasteiger partial charge >= 0.3 is 17.1 Å². The van der Waals surface area contributed by atoms with E-state index in [1.807, 2.05) is 0 Å². The van der Waals surface area contributed by atoms with E-state index < -0.39 is 10.2 Å². The Hall–Kier alpha value is -2.34. The molecular weight excluding hydrogens is 294 g/mol. The van der Waals surface area contributed by atoms with Crippen LogP contribution in [0, 0.1) is 36.1 Å². The molecule has 0 aliphatic heterocycles. The van der Waals surface area contributed by atoms with Crippen molar-refractivity contribution in [2.75, 3.05) is 7.05 Å². The fourth-order valence-electron chi connectivity index (χ4n) is 0.194. The molecule has 0 aliphatic rings. The minimum Gasteiger partial charge on any atom is -0.370 e. The summed E-state index contributed by atoms with van der Waals surface area (Å²) in [4.78, 5) is 20.0. The maximum atomic E-state index is 8.25. The maximum Gasteiger partial charge on any atom is 2.00 e. The SMILES string of the molecule is CN=C(N)NC(=N)N.O=[N+]([O-])[O-].O=[N+]([O-])[O-].[Cu+2]. The quantitative estimate of drug-likeness (QED) is 0.126. The smallest absolute Gasteiger partial charge is 0.370 e. The number of nitrogens with one attached hydrogen (secondary N) is 2. The average molecular weight is 303 g/mol. The number of nitrogens with zero attached hydrogens (tertiary/aromatic N) is 3. The van der Waals surface area contributed by atoms with Gasteiger partial charge in [0.2, 0.25) is 0 Å². The predicted octanol–water partition coefficient (Wildman–Crippen LogP) is -2.07. The van der Waals surface area contributed by atoms with Gasteiger partial charge in [0.1, 0.15) is 0 Å². The van der Waals surface area contributed by atoms with Crippen LogP contribution >= 0.6 is 0 Å². The molecule has 6 N–H and O–H groups in total. The molecule has 0 unspecified atom stereocenters. The van der Waals surface area contributed by atoms with Crippen molar-refractivity contribution in [2.45, 2.75) is 0 Å². The second kappa shape index (κ2) is 16.1. The van der Waals surface area contributed by atoms with Crippen LogP contribution < -0.4 is 16.8 Å². The molecule has 0 spiro atoms. The van der Waals surface area contributed by atoms with E-state index in [1.165, 1.54) is 7.05 Å². The minimum absolute atomic E-state index is 0. The van der Waals surface area contributed by atoms with E-state index in [-0.39, 0.29) is 29.0 Å². The minimum atomic E-state index is -1.75. The molecule has 0 amide bonds. The Labute approximate surface area is 105 Å². The number of hydrogen-bond donors (Lipinski definition) is 4. The number of rotatable bonds is 0. The van der Waals surface area contributed by atoms with Crippen LogP contribution in [0.25, 0.3) is 0 Å². The average Bonchev–Trinajstić information content (AvgIpc) is 2.00. The molecule has 0 aromatic carbocycles. The number of guanidine groups is 2. The van der Waals surface area contributed by atoms with Gasteiger partial charge in [-0.05, 0) is 0 Å². The van der Waals surface area contributed by atoms with Crippen molar-refractivity contribution in [3.63, 3.8) is 0 Å². The van der Waals surface area contributed by atoms with Gasteiger partial charge in [-0.1, -0.05) is 0 Å². The molecule has 0 rings (SSSR count). The summed E-state index contributed by atoms with van der Waals surface area (Å²) in [6.07, 6.45) is 0. The molecule has 0 saturated heterocycles. The summed E-state index contributed by atoms with van der Waals surface area (Å²) in [5.41, 5.74) is 9.97. The monoisotopic (exact) mass is 302 g/mol. The molecule has 0 aliphatic carbocycles. The molecular formula is C3H9CuN7O6. The van der Waals surface area contributed by atoms with Gasteiger partial charge in [0, 0.05) is 7.05 Å². The first kappa shape index (κ1) is 24.1. The molecule has 0 fully saturated rings. The van der Waals surface area contributed by atoms with Crippen molar-refractivity contribution >= 4 is 11.9 Å². The zero-order valence-corrected chi connectivity index (χ0v) is 9.19. The van der Waals surface area contributed by atoms with Crippen LogP contribution in [-0.4, -0.2) is 29.1 Å². The van der Waals surface area contributed by atoms with Crippen molar-refractivity contribution in [1.29, 1.82) is 5.41 Å². The molecule has 0 atom stereocenters. The van der Waals surface area contributed by atoms with Gasteiger partial charge in [0.15, 0.2) is 11.9 Å². The topological polar surface area (TPSA) is 233 Å². The van der Waals surface area contributed by atoms with Gasteiger partial charge in [-0.2, -0.15) is 0 Å². The largest absolute Gasteiger partial charge is 2.00 e. The molecule has 17 heavy (non-hydrogen) atoms. The summed E-state index contributed by atoms with van der Waals surface area (Å²) in [7, 11) is 1.51. The Morgan fingerprint density at radius 3 is 1.47 bits per heavy atom. The molecule has 0 aromatic rings. The summed E-state index contributed by atoms with van der Waals surface area (Å²) >= 11 is 0. The zero-order valence-electron chi connectivity index (χ0n) is 8.25. The molecule has 0 bridgehead atoms. The van der Waals surface area contributed by atoms with E-state index in [1.54, 1.807) is 0 Å². The fourth-order valence-corrected chi connectivity index (χ4v) is 0.194. The van der Waals surface area contributed by atoms with Crippen molar-refractivity contribution in [2.24, 2.45) is 16.5 Å². The Balaban J connectivity index is -0.0000000806. The van der Waals surface area contributed by atoms with E-state index >= 15 is 0 Å². The summed E-state index contributed by atoms with van der Waals surface area (Å²) in [5.74, 6) is -0.0504. The van der Waals surface area contributed by atoms with Crippen LogP contribution in [0.15, 0.2) is 4.99 Å². The molecule has 0 saturated carbocycles. The number of aliphatic imine (C=N–C) groups is 1. The van der Waals surface area contributed by atoms with Crippen LogP contribution in [0.4, 0.5) is 0 Å². The summed E-state index contributed by atoms with van der Waals surface area (Å²) in [5, 5.41) is 38.4. The van der Waals surface area contributed by atoms with Crippen molar-refractivity contribution in [1.82, 2.24) is 5.32 Å². The second-order valence-electron chi connectivity index (χ2n) is 1.59. The summed E-state index contributed by atoms with van der Waals surface area (Å²) in [6, 6.07) is 0. The predicted molar refractivity (Wildman–Crippen MR) is 53.3 cm³/mol. The second-order valence-corrected chi connectivity index (χ2v) is 1.59. The van der Waals surface area contributed by atoms with Crippen molar-refractivity contribution in [3.05, 3.63) is 30.6 Å². The van der Waals surface area contributed by atoms with Crippen LogP contribution in [0.3, 0.4) is 0 Å². The van der Waals surface area contributed by atoms with Crippen LogP contribution in [0.2, 0.25) is 0 Å². The zero-order chi connectivity index (χ0) is 13.7. The molecule has 1 radical (unpaired) electrons. The number of hydrogen-bond acceptors (Lipinski definition) is 8. The normalized spacial score (nSPS) is 7.94. The van der Waals surface area contributed by atoms with Crippen LogP contribution in [0.1, 0.15) is 0 Å². The summed E-state index contributed by atoms with van der Waals surface area (Å²) in [6.45, 7) is 0.